The van der Waals surface area contributed by atoms with E-state index in [0.717, 1.165) is 0 Å². The smallest absolute Gasteiger partial charge is 0.0656 e. The van der Waals surface area contributed by atoms with E-state index < -0.39 is 8.07 Å². The van der Waals surface area contributed by atoms with Crippen molar-refractivity contribution < 1.29 is 0 Å². The Hall–Kier alpha value is -0.346. The Kier molecular flexibility index (Phi) is 2.83. The summed E-state index contributed by atoms with van der Waals surface area (Å²) in [6.07, 6.45) is 0. The van der Waals surface area contributed by atoms with Gasteiger partial charge in [0.2, 0.25) is 0 Å². The van der Waals surface area contributed by atoms with Gasteiger partial charge in [0.1, 0.15) is 0 Å². The Morgan fingerprint density at radius 1 is 1.00 bits per heavy atom. The molecule has 1 aromatic rings. The zero-order chi connectivity index (χ0) is 10.2. The van der Waals surface area contributed by atoms with Gasteiger partial charge in [-0.15, -0.1) is 0 Å². The maximum atomic E-state index is 3.75. The van der Waals surface area contributed by atoms with Crippen molar-refractivity contribution in [2.45, 2.75) is 33.5 Å². The molecule has 0 aliphatic rings. The molecule has 0 heterocycles. The third kappa shape index (κ3) is 2.12. The van der Waals surface area contributed by atoms with Crippen LogP contribution in [0.3, 0.4) is 0 Å². The van der Waals surface area contributed by atoms with Crippen molar-refractivity contribution in [2.24, 2.45) is 0 Å². The molecule has 2 heteroatoms. The van der Waals surface area contributed by atoms with E-state index in [0.29, 0.717) is 0 Å². The summed E-state index contributed by atoms with van der Waals surface area (Å²) >= 11 is 0. The Labute approximate surface area is 85.8 Å². The normalized spacial score (nSPS) is 11.8. The van der Waals surface area contributed by atoms with Crippen LogP contribution in [0.25, 0.3) is 0 Å². The maximum absolute atomic E-state index is 3.75. The minimum Gasteiger partial charge on any atom is -0.0656 e. The summed E-state index contributed by atoms with van der Waals surface area (Å²) < 4.78 is 0. The van der Waals surface area contributed by atoms with Crippen molar-refractivity contribution in [1.82, 2.24) is 0 Å². The molecule has 3 radical (unpaired) electrons. The van der Waals surface area contributed by atoms with Crippen molar-refractivity contribution in [3.63, 3.8) is 0 Å². The lowest BCUT2D eigenvalue weighted by Crippen LogP contribution is -2.49. The van der Waals surface area contributed by atoms with Gasteiger partial charge < -0.3 is 0 Å². The molecule has 0 fully saturated rings. The van der Waals surface area contributed by atoms with Crippen LogP contribution in [0.5, 0.6) is 0 Å². The van der Waals surface area contributed by atoms with E-state index in [1.54, 1.807) is 5.19 Å². The van der Waals surface area contributed by atoms with Crippen LogP contribution in [0.2, 0.25) is 19.6 Å². The first-order valence-corrected chi connectivity index (χ1v) is 8.66. The molecular weight excluding hydrogens is 188 g/mol. The van der Waals surface area contributed by atoms with Crippen molar-refractivity contribution in [1.29, 1.82) is 0 Å². The number of hydrogen-bond donors (Lipinski definition) is 0. The molecule has 0 bridgehead atoms. The van der Waals surface area contributed by atoms with Gasteiger partial charge in [0.15, 0.2) is 0 Å². The van der Waals surface area contributed by atoms with Gasteiger partial charge in [-0.1, -0.05) is 53.3 Å². The summed E-state index contributed by atoms with van der Waals surface area (Å²) in [5, 5.41) is 2.88. The number of benzene rings is 1. The molecular formula is C11H17Si2. The summed E-state index contributed by atoms with van der Waals surface area (Å²) in [5.41, 5.74) is 2.77. The van der Waals surface area contributed by atoms with Crippen LogP contribution in [-0.2, 0) is 0 Å². The Morgan fingerprint density at radius 2 is 1.46 bits per heavy atom. The molecule has 0 aromatic heterocycles. The number of hydrogen-bond acceptors (Lipinski definition) is 0. The van der Waals surface area contributed by atoms with Crippen LogP contribution in [-0.4, -0.2) is 18.3 Å². The molecule has 0 atom stereocenters. The number of rotatable bonds is 1. The van der Waals surface area contributed by atoms with Crippen molar-refractivity contribution >= 4 is 28.7 Å². The van der Waals surface area contributed by atoms with Gasteiger partial charge in [-0.05, 0) is 13.8 Å². The molecule has 0 aliphatic carbocycles. The third-order valence-corrected chi connectivity index (χ3v) is 5.41. The van der Waals surface area contributed by atoms with Crippen LogP contribution < -0.4 is 10.4 Å². The largest absolute Gasteiger partial charge is 0.0777 e. The maximum Gasteiger partial charge on any atom is 0.0777 e. The van der Waals surface area contributed by atoms with Crippen molar-refractivity contribution in [3.8, 4) is 0 Å². The molecule has 69 valence electrons. The summed E-state index contributed by atoms with van der Waals surface area (Å²) in [6, 6.07) is 4.41. The van der Waals surface area contributed by atoms with Crippen LogP contribution in [0.4, 0.5) is 0 Å². The fourth-order valence-electron chi connectivity index (χ4n) is 1.78. The second kappa shape index (κ2) is 3.42. The van der Waals surface area contributed by atoms with Crippen molar-refractivity contribution in [2.75, 3.05) is 0 Å². The molecule has 0 spiro atoms. The monoisotopic (exact) mass is 205 g/mol. The minimum atomic E-state index is -1.20. The molecule has 0 amide bonds. The predicted molar refractivity (Wildman–Crippen MR) is 64.3 cm³/mol. The first-order chi connectivity index (χ1) is 5.84. The lowest BCUT2D eigenvalue weighted by molar-refractivity contribution is 1.44. The highest BCUT2D eigenvalue weighted by molar-refractivity contribution is 6.91. The zero-order valence-electron chi connectivity index (χ0n) is 9.15. The van der Waals surface area contributed by atoms with Gasteiger partial charge >= 0.3 is 0 Å². The Morgan fingerprint density at radius 3 is 1.85 bits per heavy atom. The topological polar surface area (TPSA) is 0 Å². The fourth-order valence-corrected chi connectivity index (χ4v) is 5.40. The minimum absolute atomic E-state index is 1.20. The van der Waals surface area contributed by atoms with E-state index in [1.807, 2.05) is 0 Å². The van der Waals surface area contributed by atoms with E-state index in [1.165, 1.54) is 16.3 Å². The van der Waals surface area contributed by atoms with Gasteiger partial charge in [0, 0.05) is 0 Å². The lowest BCUT2D eigenvalue weighted by atomic mass is 10.2. The highest BCUT2D eigenvalue weighted by Gasteiger charge is 2.21. The Bertz CT molecular complexity index is 322. The molecule has 0 saturated carbocycles. The third-order valence-electron chi connectivity index (χ3n) is 2.37. The molecule has 0 N–H and O–H groups in total. The van der Waals surface area contributed by atoms with Crippen molar-refractivity contribution in [3.05, 3.63) is 23.3 Å². The van der Waals surface area contributed by atoms with E-state index in [2.05, 4.69) is 55.9 Å². The molecule has 0 aliphatic heterocycles. The van der Waals surface area contributed by atoms with Gasteiger partial charge in [-0.2, -0.15) is 0 Å². The highest BCUT2D eigenvalue weighted by atomic mass is 28.3. The molecule has 0 unspecified atom stereocenters. The summed E-state index contributed by atoms with van der Waals surface area (Å²) in [5.74, 6) is 0. The second-order valence-electron chi connectivity index (χ2n) is 4.70. The van der Waals surface area contributed by atoms with Gasteiger partial charge in [0.05, 0.1) is 18.3 Å². The van der Waals surface area contributed by atoms with E-state index in [9.17, 15) is 0 Å². The average molecular weight is 205 g/mol. The molecule has 0 saturated heterocycles. The van der Waals surface area contributed by atoms with Crippen LogP contribution >= 0.6 is 0 Å². The SMILES string of the molecule is Cc1ccc(C)c([Si](C)(C)C)c1[Si]. The first kappa shape index (κ1) is 10.7. The lowest BCUT2D eigenvalue weighted by Gasteiger charge is -2.23. The van der Waals surface area contributed by atoms with Crippen LogP contribution in [0.1, 0.15) is 11.1 Å². The first-order valence-electron chi connectivity index (χ1n) is 4.66. The highest BCUT2D eigenvalue weighted by Crippen LogP contribution is 2.06. The van der Waals surface area contributed by atoms with E-state index in [-0.39, 0.29) is 0 Å². The summed E-state index contributed by atoms with van der Waals surface area (Å²) in [6.45, 7) is 11.5. The molecule has 13 heavy (non-hydrogen) atoms. The van der Waals surface area contributed by atoms with Crippen LogP contribution in [0, 0.1) is 13.8 Å². The quantitative estimate of drug-likeness (QED) is 0.612. The molecule has 1 rings (SSSR count). The van der Waals surface area contributed by atoms with Crippen LogP contribution in [0.15, 0.2) is 12.1 Å². The summed E-state index contributed by atoms with van der Waals surface area (Å²) in [4.78, 5) is 0. The van der Waals surface area contributed by atoms with Gasteiger partial charge in [-0.25, -0.2) is 0 Å². The zero-order valence-corrected chi connectivity index (χ0v) is 11.2. The standard InChI is InChI=1S/C11H17Si2/c1-8-6-7-9(2)11(10(8)12)13(3,4)5/h6-7H,1-5H3. The number of aryl methyl sites for hydroxylation is 2. The fraction of sp³-hybridized carbons (Fsp3) is 0.455. The second-order valence-corrected chi connectivity index (χ2v) is 10.2. The Balaban J connectivity index is 3.43. The molecule has 1 aromatic carbocycles. The summed E-state index contributed by atoms with van der Waals surface area (Å²) in [7, 11) is 2.55. The molecule has 0 nitrogen and oxygen atoms in total. The van der Waals surface area contributed by atoms with Gasteiger partial charge in [0.25, 0.3) is 0 Å². The predicted octanol–water partition coefficient (Wildman–Crippen LogP) is 1.64. The average Bonchev–Trinajstić information content (AvgIpc) is 1.95. The van der Waals surface area contributed by atoms with E-state index in [4.69, 9.17) is 0 Å². The van der Waals surface area contributed by atoms with Gasteiger partial charge in [-0.3, -0.25) is 0 Å². The van der Waals surface area contributed by atoms with E-state index >= 15 is 0 Å².